The van der Waals surface area contributed by atoms with Crippen molar-refractivity contribution in [3.8, 4) is 0 Å². The van der Waals surface area contributed by atoms with Gasteiger partial charge in [0.15, 0.2) is 0 Å². The van der Waals surface area contributed by atoms with Crippen molar-refractivity contribution in [1.82, 2.24) is 0 Å². The molecule has 1 aromatic rings. The molecule has 0 aliphatic carbocycles. The predicted molar refractivity (Wildman–Crippen MR) is 44.3 cm³/mol. The molecule has 12 heavy (non-hydrogen) atoms. The minimum Gasteiger partial charge on any atom is -0.374 e. The molecule has 0 saturated carbocycles. The molecule has 0 radical (unpaired) electrons. The smallest absolute Gasteiger partial charge is 0.123 e. The summed E-state index contributed by atoms with van der Waals surface area (Å²) >= 11 is 0. The Labute approximate surface area is 71.2 Å². The summed E-state index contributed by atoms with van der Waals surface area (Å²) in [6, 6.07) is 6.65. The van der Waals surface area contributed by atoms with E-state index in [1.807, 2.05) is 6.07 Å². The van der Waals surface area contributed by atoms with E-state index in [9.17, 15) is 4.39 Å². The van der Waals surface area contributed by atoms with E-state index >= 15 is 0 Å². The molecular weight excluding hydrogens is 155 g/mol. The topological polar surface area (TPSA) is 9.23 Å². The first-order chi connectivity index (χ1) is 5.86. The maximum Gasteiger partial charge on any atom is 0.123 e. The summed E-state index contributed by atoms with van der Waals surface area (Å²) in [6.45, 7) is 0.807. The van der Waals surface area contributed by atoms with Crippen LogP contribution < -0.4 is 0 Å². The van der Waals surface area contributed by atoms with Crippen molar-refractivity contribution in [2.45, 2.75) is 18.9 Å². The third kappa shape index (κ3) is 1.48. The van der Waals surface area contributed by atoms with Gasteiger partial charge >= 0.3 is 0 Å². The van der Waals surface area contributed by atoms with Gasteiger partial charge in [0.2, 0.25) is 0 Å². The second kappa shape index (κ2) is 3.23. The predicted octanol–water partition coefficient (Wildman–Crippen LogP) is 2.68. The van der Waals surface area contributed by atoms with Crippen molar-refractivity contribution >= 4 is 0 Å². The Morgan fingerprint density at radius 1 is 1.42 bits per heavy atom. The van der Waals surface area contributed by atoms with Crippen molar-refractivity contribution in [3.05, 3.63) is 35.6 Å². The summed E-state index contributed by atoms with van der Waals surface area (Å²) < 4.78 is 18.2. The Hall–Kier alpha value is -0.890. The SMILES string of the molecule is Fc1cccc([C@@H]2CCCO2)c1. The normalized spacial score (nSPS) is 22.9. The Morgan fingerprint density at radius 2 is 2.33 bits per heavy atom. The molecule has 0 N–H and O–H groups in total. The van der Waals surface area contributed by atoms with Crippen molar-refractivity contribution in [2.75, 3.05) is 6.61 Å². The zero-order chi connectivity index (χ0) is 8.39. The minimum absolute atomic E-state index is 0.126. The second-order valence-electron chi connectivity index (χ2n) is 3.06. The fourth-order valence-corrected chi connectivity index (χ4v) is 1.55. The largest absolute Gasteiger partial charge is 0.374 e. The quantitative estimate of drug-likeness (QED) is 0.623. The molecule has 0 spiro atoms. The zero-order valence-electron chi connectivity index (χ0n) is 6.79. The van der Waals surface area contributed by atoms with E-state index < -0.39 is 0 Å². The van der Waals surface area contributed by atoms with Gasteiger partial charge in [-0.1, -0.05) is 12.1 Å². The average Bonchev–Trinajstić information content (AvgIpc) is 2.56. The zero-order valence-corrected chi connectivity index (χ0v) is 6.79. The van der Waals surface area contributed by atoms with Crippen LogP contribution in [-0.2, 0) is 4.74 Å². The molecule has 0 aromatic heterocycles. The summed E-state index contributed by atoms with van der Waals surface area (Å²) in [6.07, 6.45) is 2.23. The van der Waals surface area contributed by atoms with Gasteiger partial charge in [-0.15, -0.1) is 0 Å². The van der Waals surface area contributed by atoms with Crippen molar-refractivity contribution in [2.24, 2.45) is 0 Å². The van der Waals surface area contributed by atoms with E-state index in [2.05, 4.69) is 0 Å². The van der Waals surface area contributed by atoms with Crippen LogP contribution in [-0.4, -0.2) is 6.61 Å². The number of rotatable bonds is 1. The van der Waals surface area contributed by atoms with Crippen LogP contribution >= 0.6 is 0 Å². The first-order valence-electron chi connectivity index (χ1n) is 4.23. The van der Waals surface area contributed by atoms with E-state index in [1.54, 1.807) is 12.1 Å². The second-order valence-corrected chi connectivity index (χ2v) is 3.06. The fraction of sp³-hybridized carbons (Fsp3) is 0.400. The number of ether oxygens (including phenoxy) is 1. The molecule has 64 valence electrons. The molecule has 1 nitrogen and oxygen atoms in total. The molecule has 2 rings (SSSR count). The summed E-state index contributed by atoms with van der Waals surface area (Å²) in [5, 5.41) is 0. The van der Waals surface area contributed by atoms with Gasteiger partial charge in [-0.05, 0) is 30.5 Å². The third-order valence-electron chi connectivity index (χ3n) is 2.15. The molecule has 1 atom stereocenters. The highest BCUT2D eigenvalue weighted by Gasteiger charge is 2.17. The van der Waals surface area contributed by atoms with E-state index in [0.29, 0.717) is 0 Å². The first-order valence-corrected chi connectivity index (χ1v) is 4.23. The molecule has 1 aromatic carbocycles. The molecule has 1 fully saturated rings. The lowest BCUT2D eigenvalue weighted by molar-refractivity contribution is 0.111. The van der Waals surface area contributed by atoms with Crippen LogP contribution in [0.4, 0.5) is 4.39 Å². The number of hydrogen-bond donors (Lipinski definition) is 0. The van der Waals surface area contributed by atoms with Gasteiger partial charge in [0.1, 0.15) is 5.82 Å². The maximum atomic E-state index is 12.8. The van der Waals surface area contributed by atoms with Crippen LogP contribution in [0.15, 0.2) is 24.3 Å². The molecule has 0 amide bonds. The van der Waals surface area contributed by atoms with E-state index in [0.717, 1.165) is 25.0 Å². The summed E-state index contributed by atoms with van der Waals surface area (Å²) in [5.41, 5.74) is 0.965. The molecule has 2 heteroatoms. The van der Waals surface area contributed by atoms with E-state index in [1.165, 1.54) is 6.07 Å². The van der Waals surface area contributed by atoms with Crippen LogP contribution in [0.25, 0.3) is 0 Å². The van der Waals surface area contributed by atoms with Gasteiger partial charge in [-0.2, -0.15) is 0 Å². The molecule has 1 aliphatic heterocycles. The molecule has 1 heterocycles. The molecule has 1 aliphatic rings. The minimum atomic E-state index is -0.178. The highest BCUT2D eigenvalue weighted by atomic mass is 19.1. The summed E-state index contributed by atoms with van der Waals surface area (Å²) in [5.74, 6) is -0.178. The average molecular weight is 166 g/mol. The third-order valence-corrected chi connectivity index (χ3v) is 2.15. The van der Waals surface area contributed by atoms with Crippen molar-refractivity contribution in [3.63, 3.8) is 0 Å². The lowest BCUT2D eigenvalue weighted by Crippen LogP contribution is -1.95. The van der Waals surface area contributed by atoms with Gasteiger partial charge in [0, 0.05) is 6.61 Å². The van der Waals surface area contributed by atoms with Gasteiger partial charge in [-0.3, -0.25) is 0 Å². The lowest BCUT2D eigenvalue weighted by atomic mass is 10.1. The lowest BCUT2D eigenvalue weighted by Gasteiger charge is -2.08. The van der Waals surface area contributed by atoms with Gasteiger partial charge < -0.3 is 4.74 Å². The standard InChI is InChI=1S/C10H11FO/c11-9-4-1-3-8(7-9)10-5-2-6-12-10/h1,3-4,7,10H,2,5-6H2/t10-/m0/s1. The Morgan fingerprint density at radius 3 is 3.00 bits per heavy atom. The number of halogens is 1. The van der Waals surface area contributed by atoms with E-state index in [4.69, 9.17) is 4.74 Å². The Balaban J connectivity index is 2.21. The van der Waals surface area contributed by atoms with Crippen molar-refractivity contribution < 1.29 is 9.13 Å². The maximum absolute atomic E-state index is 12.8. The molecule has 0 bridgehead atoms. The van der Waals surface area contributed by atoms with Crippen LogP contribution in [0.2, 0.25) is 0 Å². The number of hydrogen-bond acceptors (Lipinski definition) is 1. The highest BCUT2D eigenvalue weighted by Crippen LogP contribution is 2.28. The molecule has 0 unspecified atom stereocenters. The number of benzene rings is 1. The van der Waals surface area contributed by atoms with Gasteiger partial charge in [0.25, 0.3) is 0 Å². The summed E-state index contributed by atoms with van der Waals surface area (Å²) in [4.78, 5) is 0. The van der Waals surface area contributed by atoms with Crippen LogP contribution in [0.3, 0.4) is 0 Å². The molecule has 1 saturated heterocycles. The van der Waals surface area contributed by atoms with Crippen molar-refractivity contribution in [1.29, 1.82) is 0 Å². The van der Waals surface area contributed by atoms with Gasteiger partial charge in [0.05, 0.1) is 6.10 Å². The van der Waals surface area contributed by atoms with E-state index in [-0.39, 0.29) is 11.9 Å². The fourth-order valence-electron chi connectivity index (χ4n) is 1.55. The van der Waals surface area contributed by atoms with Crippen LogP contribution in [0.5, 0.6) is 0 Å². The van der Waals surface area contributed by atoms with Crippen LogP contribution in [0.1, 0.15) is 24.5 Å². The van der Waals surface area contributed by atoms with Gasteiger partial charge in [-0.25, -0.2) is 4.39 Å². The Bertz CT molecular complexity index is 266. The molecular formula is C10H11FO. The highest BCUT2D eigenvalue weighted by molar-refractivity contribution is 5.19. The monoisotopic (exact) mass is 166 g/mol. The van der Waals surface area contributed by atoms with Crippen LogP contribution in [0, 0.1) is 5.82 Å². The summed E-state index contributed by atoms with van der Waals surface area (Å²) in [7, 11) is 0. The first kappa shape index (κ1) is 7.74. The Kier molecular flexibility index (Phi) is 2.09.